The van der Waals surface area contributed by atoms with Gasteiger partial charge in [0.2, 0.25) is 11.8 Å². The van der Waals surface area contributed by atoms with Crippen LogP contribution in [0.25, 0.3) is 0 Å². The van der Waals surface area contributed by atoms with Crippen molar-refractivity contribution in [2.24, 2.45) is 0 Å². The summed E-state index contributed by atoms with van der Waals surface area (Å²) < 4.78 is 0. The van der Waals surface area contributed by atoms with Gasteiger partial charge in [-0.15, -0.1) is 0 Å². The number of amides is 4. The van der Waals surface area contributed by atoms with Gasteiger partial charge in [-0.25, -0.2) is 14.8 Å². The molecule has 3 fully saturated rings. The van der Waals surface area contributed by atoms with E-state index in [1.807, 2.05) is 35.2 Å². The average molecular weight is 585 g/mol. The van der Waals surface area contributed by atoms with E-state index in [-0.39, 0.29) is 49.1 Å². The fourth-order valence-corrected chi connectivity index (χ4v) is 6.56. The van der Waals surface area contributed by atoms with Crippen LogP contribution >= 0.6 is 0 Å². The molecule has 0 aromatic heterocycles. The third-order valence-corrected chi connectivity index (χ3v) is 9.02. The molecule has 1 unspecified atom stereocenters. The molecule has 2 aromatic rings. The molecular formula is C33H40N6O4. The molecule has 2 N–H and O–H groups in total. The predicted octanol–water partition coefficient (Wildman–Crippen LogP) is 2.72. The number of hydrogen-bond acceptors (Lipinski definition) is 6. The van der Waals surface area contributed by atoms with Crippen molar-refractivity contribution in [3.63, 3.8) is 0 Å². The van der Waals surface area contributed by atoms with Crippen molar-refractivity contribution in [1.82, 2.24) is 30.0 Å². The molecule has 10 nitrogen and oxygen atoms in total. The van der Waals surface area contributed by atoms with E-state index in [0.717, 1.165) is 23.1 Å². The number of phenolic OH excluding ortho intramolecular Hbond substituents is 1. The number of nitrogens with one attached hydrogen (secondary N) is 1. The fourth-order valence-electron chi connectivity index (χ4n) is 6.56. The molecule has 226 valence electrons. The Morgan fingerprint density at radius 2 is 1.79 bits per heavy atom. The number of allylic oxidation sites excluding steroid dienone is 2. The van der Waals surface area contributed by atoms with Crippen LogP contribution in [0.1, 0.15) is 30.4 Å². The molecule has 10 heteroatoms. The van der Waals surface area contributed by atoms with Gasteiger partial charge >= 0.3 is 6.03 Å². The number of urea groups is 1. The van der Waals surface area contributed by atoms with Gasteiger partial charge in [-0.1, -0.05) is 60.7 Å². The van der Waals surface area contributed by atoms with Crippen LogP contribution in [-0.4, -0.2) is 106 Å². The number of fused-ring (bicyclic) bond motifs is 1. The largest absolute Gasteiger partial charge is 0.508 e. The Kier molecular flexibility index (Phi) is 8.23. The van der Waals surface area contributed by atoms with Crippen LogP contribution in [-0.2, 0) is 22.6 Å². The van der Waals surface area contributed by atoms with Crippen molar-refractivity contribution >= 4 is 17.8 Å². The standard InChI is InChI=1S/C33H40N6O4/c1-35-22-31(41)38-29(18-23-12-16-27(40)17-13-23)32(42)37(20-25-10-6-7-11-28(25)36(2)26-14-15-26)21-30(38)39(35)33(43)34-19-24-8-4-3-5-9-24/h3-10,12-13,16-17,26,28-30,40H,11,14-15,18-22H2,1-2H3,(H,34,43)/t28?,29-,30-/m0/s1. The third-order valence-electron chi connectivity index (χ3n) is 9.02. The summed E-state index contributed by atoms with van der Waals surface area (Å²) in [6, 6.07) is 16.1. The summed E-state index contributed by atoms with van der Waals surface area (Å²) in [6.45, 7) is 0.969. The van der Waals surface area contributed by atoms with Crippen LogP contribution in [0.4, 0.5) is 4.79 Å². The number of phenols is 1. The van der Waals surface area contributed by atoms with E-state index in [1.165, 1.54) is 12.8 Å². The second kappa shape index (κ2) is 12.2. The summed E-state index contributed by atoms with van der Waals surface area (Å²) in [5, 5.41) is 16.1. The summed E-state index contributed by atoms with van der Waals surface area (Å²) >= 11 is 0. The van der Waals surface area contributed by atoms with Crippen LogP contribution < -0.4 is 5.32 Å². The Bertz CT molecular complexity index is 1410. The van der Waals surface area contributed by atoms with Gasteiger partial charge < -0.3 is 20.2 Å². The number of piperazine rings is 1. The van der Waals surface area contributed by atoms with Gasteiger partial charge in [-0.05, 0) is 55.1 Å². The third kappa shape index (κ3) is 6.16. The number of nitrogens with zero attached hydrogens (tertiary/aromatic N) is 5. The lowest BCUT2D eigenvalue weighted by Gasteiger charge is -2.54. The average Bonchev–Trinajstić information content (AvgIpc) is 3.85. The van der Waals surface area contributed by atoms with Crippen LogP contribution in [0, 0.1) is 0 Å². The maximum atomic E-state index is 14.3. The lowest BCUT2D eigenvalue weighted by molar-refractivity contribution is -0.186. The molecule has 2 aromatic carbocycles. The molecule has 2 saturated heterocycles. The fraction of sp³-hybridized carbons (Fsp3) is 0.424. The lowest BCUT2D eigenvalue weighted by atomic mass is 9.94. The smallest absolute Gasteiger partial charge is 0.334 e. The minimum atomic E-state index is -0.784. The Labute approximate surface area is 252 Å². The molecule has 1 saturated carbocycles. The molecule has 0 radical (unpaired) electrons. The van der Waals surface area contributed by atoms with Crippen molar-refractivity contribution in [3.8, 4) is 5.75 Å². The molecular weight excluding hydrogens is 544 g/mol. The molecule has 43 heavy (non-hydrogen) atoms. The zero-order valence-corrected chi connectivity index (χ0v) is 24.8. The van der Waals surface area contributed by atoms with Gasteiger partial charge in [0.1, 0.15) is 18.0 Å². The summed E-state index contributed by atoms with van der Waals surface area (Å²) in [7, 11) is 3.90. The Morgan fingerprint density at radius 3 is 2.51 bits per heavy atom. The molecule has 4 aliphatic rings. The van der Waals surface area contributed by atoms with Gasteiger partial charge in [-0.3, -0.25) is 14.5 Å². The number of benzene rings is 2. The van der Waals surface area contributed by atoms with Crippen molar-refractivity contribution in [2.75, 3.05) is 33.7 Å². The van der Waals surface area contributed by atoms with Crippen molar-refractivity contribution in [3.05, 3.63) is 89.5 Å². The number of aromatic hydroxyl groups is 1. The highest BCUT2D eigenvalue weighted by molar-refractivity contribution is 5.91. The van der Waals surface area contributed by atoms with E-state index >= 15 is 0 Å². The lowest BCUT2D eigenvalue weighted by Crippen LogP contribution is -2.76. The first-order valence-electron chi connectivity index (χ1n) is 15.1. The van der Waals surface area contributed by atoms with Gasteiger partial charge in [0.25, 0.3) is 0 Å². The molecule has 4 amide bonds. The maximum Gasteiger partial charge on any atom is 0.334 e. The number of rotatable bonds is 8. The molecule has 0 bridgehead atoms. The maximum absolute atomic E-state index is 14.3. The van der Waals surface area contributed by atoms with E-state index in [9.17, 15) is 19.5 Å². The van der Waals surface area contributed by atoms with Crippen LogP contribution in [0.2, 0.25) is 0 Å². The predicted molar refractivity (Wildman–Crippen MR) is 162 cm³/mol. The molecule has 2 aliphatic carbocycles. The van der Waals surface area contributed by atoms with E-state index in [1.54, 1.807) is 46.2 Å². The van der Waals surface area contributed by atoms with E-state index < -0.39 is 12.2 Å². The van der Waals surface area contributed by atoms with E-state index in [2.05, 4.69) is 35.5 Å². The number of carbonyl (C=O) groups is 3. The van der Waals surface area contributed by atoms with E-state index in [4.69, 9.17) is 0 Å². The molecule has 6 rings (SSSR count). The van der Waals surface area contributed by atoms with Gasteiger partial charge in [0, 0.05) is 38.6 Å². The van der Waals surface area contributed by atoms with E-state index in [0.29, 0.717) is 19.1 Å². The number of hydrazine groups is 1. The highest BCUT2D eigenvalue weighted by atomic mass is 16.3. The van der Waals surface area contributed by atoms with Crippen LogP contribution in [0.3, 0.4) is 0 Å². The highest BCUT2D eigenvalue weighted by Gasteiger charge is 2.51. The number of likely N-dealkylation sites (N-methyl/N-ethyl adjacent to an activating group) is 2. The zero-order chi connectivity index (χ0) is 30.1. The Hall–Kier alpha value is -4.15. The summed E-state index contributed by atoms with van der Waals surface area (Å²) in [5.41, 5.74) is 2.96. The minimum absolute atomic E-state index is 0.0151. The van der Waals surface area contributed by atoms with Crippen molar-refractivity contribution < 1.29 is 19.5 Å². The van der Waals surface area contributed by atoms with Gasteiger partial charge in [0.15, 0.2) is 0 Å². The van der Waals surface area contributed by atoms with Gasteiger partial charge in [-0.2, -0.15) is 0 Å². The van der Waals surface area contributed by atoms with Crippen molar-refractivity contribution in [2.45, 2.75) is 56.5 Å². The number of carbonyl (C=O) groups excluding carboxylic acids is 3. The Balaban J connectivity index is 1.30. The highest BCUT2D eigenvalue weighted by Crippen LogP contribution is 2.33. The SMILES string of the molecule is CN(C1CC1)C1CC=CC=C1CN1C[C@H]2N(C(=O)CN(C)N2C(=O)NCc2ccccc2)[C@@H](Cc2ccc(O)cc2)C1=O. The quantitative estimate of drug-likeness (QED) is 0.495. The van der Waals surface area contributed by atoms with Crippen LogP contribution in [0.5, 0.6) is 5.75 Å². The first-order valence-corrected chi connectivity index (χ1v) is 15.1. The first kappa shape index (κ1) is 28.9. The summed E-state index contributed by atoms with van der Waals surface area (Å²) in [6.07, 6.45) is 9.25. The molecule has 0 spiro atoms. The zero-order valence-electron chi connectivity index (χ0n) is 24.8. The number of hydrogen-bond donors (Lipinski definition) is 2. The summed E-state index contributed by atoms with van der Waals surface area (Å²) in [4.78, 5) is 47.4. The molecule has 2 heterocycles. The first-order chi connectivity index (χ1) is 20.8. The molecule has 3 atom stereocenters. The topological polar surface area (TPSA) is 99.7 Å². The minimum Gasteiger partial charge on any atom is -0.508 e. The second-order valence-electron chi connectivity index (χ2n) is 12.0. The normalized spacial score (nSPS) is 24.3. The molecule has 2 aliphatic heterocycles. The van der Waals surface area contributed by atoms with Gasteiger partial charge in [0.05, 0.1) is 13.1 Å². The Morgan fingerprint density at radius 1 is 1.05 bits per heavy atom. The summed E-state index contributed by atoms with van der Waals surface area (Å²) in [5.74, 6) is -0.184. The second-order valence-corrected chi connectivity index (χ2v) is 12.0. The van der Waals surface area contributed by atoms with Crippen LogP contribution in [0.15, 0.2) is 78.4 Å². The van der Waals surface area contributed by atoms with Crippen molar-refractivity contribution in [1.29, 1.82) is 0 Å². The monoisotopic (exact) mass is 584 g/mol.